The smallest absolute Gasteiger partial charge is 0.132 e. The number of hydrogen-bond acceptors (Lipinski definition) is 5. The fraction of sp³-hybridized carbons (Fsp3) is 0.286. The molecule has 29 heavy (non-hydrogen) atoms. The number of hydrogen-bond donors (Lipinski definition) is 1. The van der Waals surface area contributed by atoms with Crippen molar-refractivity contribution in [1.29, 1.82) is 0 Å². The highest BCUT2D eigenvalue weighted by atomic mass is 16.5. The van der Waals surface area contributed by atoms with Crippen molar-refractivity contribution in [3.63, 3.8) is 0 Å². The lowest BCUT2D eigenvalue weighted by Crippen LogP contribution is -2.37. The summed E-state index contributed by atoms with van der Waals surface area (Å²) in [5.74, 6) is 1.82. The van der Waals surface area contributed by atoms with Gasteiger partial charge in [-0.3, -0.25) is 4.90 Å². The molecule has 0 fully saturated rings. The maximum absolute atomic E-state index is 5.50. The Balaban J connectivity index is 1.57. The van der Waals surface area contributed by atoms with Gasteiger partial charge in [0, 0.05) is 57.0 Å². The van der Waals surface area contributed by atoms with E-state index in [9.17, 15) is 0 Å². The van der Waals surface area contributed by atoms with Crippen molar-refractivity contribution < 1.29 is 4.74 Å². The van der Waals surface area contributed by atoms with E-state index in [1.54, 1.807) is 19.6 Å². The number of imidazole rings is 2. The van der Waals surface area contributed by atoms with Gasteiger partial charge in [0.1, 0.15) is 17.6 Å². The zero-order valence-electron chi connectivity index (χ0n) is 16.5. The van der Waals surface area contributed by atoms with Crippen LogP contribution in [0.15, 0.2) is 55.4 Å². The normalized spacial score (nSPS) is 16.7. The summed E-state index contributed by atoms with van der Waals surface area (Å²) in [6.07, 6.45) is 10.3. The standard InChI is InChI=1S/C21H23N7O/c1-26-11-8-22-21(26)20-19-17(23-14-24-19)6-10-27(20)13-15-12-16(29-2)4-5-18(15)28-9-3-7-25-28/h3-5,7-9,11-12,14,20H,6,10,13H2,1-2H3,(H,23,24)/t20-/m0/s1. The molecule has 0 amide bonds. The van der Waals surface area contributed by atoms with Crippen molar-refractivity contribution >= 4 is 0 Å². The second kappa shape index (κ2) is 7.21. The molecule has 0 bridgehead atoms. The molecule has 4 aromatic rings. The molecule has 0 saturated heterocycles. The first-order valence-electron chi connectivity index (χ1n) is 9.65. The molecule has 4 heterocycles. The number of ether oxygens (including phenoxy) is 1. The van der Waals surface area contributed by atoms with Crippen LogP contribution in [0.25, 0.3) is 5.69 Å². The minimum atomic E-state index is -0.0123. The lowest BCUT2D eigenvalue weighted by Gasteiger charge is -2.34. The van der Waals surface area contributed by atoms with Crippen LogP contribution < -0.4 is 4.74 Å². The highest BCUT2D eigenvalue weighted by Crippen LogP contribution is 2.34. The molecule has 8 nitrogen and oxygen atoms in total. The van der Waals surface area contributed by atoms with Gasteiger partial charge in [0.2, 0.25) is 0 Å². The van der Waals surface area contributed by atoms with Crippen LogP contribution in [0.3, 0.4) is 0 Å². The van der Waals surface area contributed by atoms with E-state index in [-0.39, 0.29) is 6.04 Å². The van der Waals surface area contributed by atoms with Crippen LogP contribution in [-0.4, -0.2) is 47.9 Å². The monoisotopic (exact) mass is 389 g/mol. The van der Waals surface area contributed by atoms with Crippen molar-refractivity contribution in [2.75, 3.05) is 13.7 Å². The van der Waals surface area contributed by atoms with Crippen molar-refractivity contribution in [3.8, 4) is 11.4 Å². The third-order valence-electron chi connectivity index (χ3n) is 5.54. The van der Waals surface area contributed by atoms with Crippen molar-refractivity contribution in [1.82, 2.24) is 34.2 Å². The lowest BCUT2D eigenvalue weighted by atomic mass is 10.0. The summed E-state index contributed by atoms with van der Waals surface area (Å²) in [5, 5.41) is 4.43. The van der Waals surface area contributed by atoms with Gasteiger partial charge in [0.05, 0.1) is 24.8 Å². The van der Waals surface area contributed by atoms with Gasteiger partial charge in [-0.1, -0.05) is 0 Å². The van der Waals surface area contributed by atoms with Crippen LogP contribution in [0.1, 0.15) is 28.8 Å². The molecule has 1 aliphatic heterocycles. The molecule has 148 valence electrons. The van der Waals surface area contributed by atoms with Crippen LogP contribution in [-0.2, 0) is 20.0 Å². The second-order valence-electron chi connectivity index (χ2n) is 7.23. The molecule has 8 heteroatoms. The number of rotatable bonds is 5. The number of benzene rings is 1. The largest absolute Gasteiger partial charge is 0.497 e. The van der Waals surface area contributed by atoms with Gasteiger partial charge >= 0.3 is 0 Å². The maximum Gasteiger partial charge on any atom is 0.132 e. The number of H-pyrrole nitrogens is 1. The van der Waals surface area contributed by atoms with Crippen molar-refractivity contribution in [3.05, 3.63) is 78.2 Å². The van der Waals surface area contributed by atoms with Gasteiger partial charge in [-0.15, -0.1) is 0 Å². The van der Waals surface area contributed by atoms with Crippen LogP contribution >= 0.6 is 0 Å². The Kier molecular flexibility index (Phi) is 4.40. The van der Waals surface area contributed by atoms with E-state index in [1.807, 2.05) is 42.5 Å². The molecular formula is C21H23N7O. The SMILES string of the molecule is COc1ccc(-n2cccn2)c(CN2CCc3[nH]cnc3[C@H]2c2nccn2C)c1. The lowest BCUT2D eigenvalue weighted by molar-refractivity contribution is 0.190. The summed E-state index contributed by atoms with van der Waals surface area (Å²) in [7, 11) is 3.72. The third kappa shape index (κ3) is 3.11. The summed E-state index contributed by atoms with van der Waals surface area (Å²) in [4.78, 5) is 15.0. The highest BCUT2D eigenvalue weighted by molar-refractivity contribution is 5.45. The first-order chi connectivity index (χ1) is 14.2. The first-order valence-corrected chi connectivity index (χ1v) is 9.65. The van der Waals surface area contributed by atoms with Gasteiger partial charge in [-0.05, 0) is 29.8 Å². The van der Waals surface area contributed by atoms with Gasteiger partial charge < -0.3 is 14.3 Å². The Morgan fingerprint density at radius 2 is 2.14 bits per heavy atom. The summed E-state index contributed by atoms with van der Waals surface area (Å²) in [6.45, 7) is 1.64. The molecule has 3 aromatic heterocycles. The number of aromatic amines is 1. The molecule has 5 rings (SSSR count). The molecule has 0 saturated carbocycles. The zero-order valence-corrected chi connectivity index (χ0v) is 16.5. The highest BCUT2D eigenvalue weighted by Gasteiger charge is 2.34. The fourth-order valence-corrected chi connectivity index (χ4v) is 4.09. The number of fused-ring (bicyclic) bond motifs is 1. The van der Waals surface area contributed by atoms with E-state index in [0.29, 0.717) is 0 Å². The molecule has 0 unspecified atom stereocenters. The number of nitrogens with zero attached hydrogens (tertiary/aromatic N) is 6. The molecule has 1 atom stereocenters. The molecule has 0 spiro atoms. The van der Waals surface area contributed by atoms with Crippen molar-refractivity contribution in [2.45, 2.75) is 19.0 Å². The Bertz CT molecular complexity index is 1110. The molecule has 0 aliphatic carbocycles. The van der Waals surface area contributed by atoms with Crippen LogP contribution in [0.5, 0.6) is 5.75 Å². The Morgan fingerprint density at radius 3 is 2.90 bits per heavy atom. The second-order valence-corrected chi connectivity index (χ2v) is 7.23. The molecule has 0 radical (unpaired) electrons. The van der Waals surface area contributed by atoms with E-state index >= 15 is 0 Å². The Hall–Kier alpha value is -3.39. The van der Waals surface area contributed by atoms with Gasteiger partial charge in [0.25, 0.3) is 0 Å². The summed E-state index contributed by atoms with van der Waals surface area (Å²) in [6, 6.07) is 8.04. The number of methoxy groups -OCH3 is 1. The van der Waals surface area contributed by atoms with E-state index in [4.69, 9.17) is 4.74 Å². The molecular weight excluding hydrogens is 366 g/mol. The molecule has 1 aliphatic rings. The minimum Gasteiger partial charge on any atom is -0.497 e. The quantitative estimate of drug-likeness (QED) is 0.567. The Labute approximate surface area is 168 Å². The minimum absolute atomic E-state index is 0.0123. The van der Waals surface area contributed by atoms with E-state index in [2.05, 4.69) is 41.7 Å². The summed E-state index contributed by atoms with van der Waals surface area (Å²) >= 11 is 0. The maximum atomic E-state index is 5.50. The number of aromatic nitrogens is 6. The van der Waals surface area contributed by atoms with Crippen molar-refractivity contribution in [2.24, 2.45) is 7.05 Å². The molecule has 1 aromatic carbocycles. The van der Waals surface area contributed by atoms with Crippen LogP contribution in [0.4, 0.5) is 0 Å². The van der Waals surface area contributed by atoms with Gasteiger partial charge in [-0.2, -0.15) is 5.10 Å². The van der Waals surface area contributed by atoms with Gasteiger partial charge in [0.15, 0.2) is 0 Å². The number of nitrogens with one attached hydrogen (secondary N) is 1. The summed E-state index contributed by atoms with van der Waals surface area (Å²) < 4.78 is 9.46. The predicted molar refractivity (Wildman–Crippen MR) is 108 cm³/mol. The average molecular weight is 389 g/mol. The number of aryl methyl sites for hydroxylation is 1. The van der Waals surface area contributed by atoms with Gasteiger partial charge in [-0.25, -0.2) is 14.6 Å². The fourth-order valence-electron chi connectivity index (χ4n) is 4.09. The van der Waals surface area contributed by atoms with E-state index < -0.39 is 0 Å². The summed E-state index contributed by atoms with van der Waals surface area (Å²) in [5.41, 5.74) is 4.43. The third-order valence-corrected chi connectivity index (χ3v) is 5.54. The molecule has 1 N–H and O–H groups in total. The van der Waals surface area contributed by atoms with E-state index in [1.165, 1.54) is 5.69 Å². The van der Waals surface area contributed by atoms with Crippen LogP contribution in [0.2, 0.25) is 0 Å². The average Bonchev–Trinajstić information content (AvgIpc) is 3.50. The van der Waals surface area contributed by atoms with E-state index in [0.717, 1.165) is 48.0 Å². The van der Waals surface area contributed by atoms with Crippen LogP contribution in [0, 0.1) is 0 Å². The Morgan fingerprint density at radius 1 is 1.21 bits per heavy atom. The topological polar surface area (TPSA) is 76.8 Å². The predicted octanol–water partition coefficient (Wildman–Crippen LogP) is 2.49. The first kappa shape index (κ1) is 17.7. The zero-order chi connectivity index (χ0) is 19.8.